The van der Waals surface area contributed by atoms with E-state index >= 15 is 0 Å². The van der Waals surface area contributed by atoms with Crippen LogP contribution in [0.5, 0.6) is 0 Å². The molecule has 0 atom stereocenters. The van der Waals surface area contributed by atoms with Gasteiger partial charge in [-0.25, -0.2) is 0 Å². The maximum absolute atomic E-state index is 11.6. The largest absolute Gasteiger partial charge is 0.394 e. The van der Waals surface area contributed by atoms with Crippen molar-refractivity contribution < 1.29 is 24.9 Å². The van der Waals surface area contributed by atoms with Crippen LogP contribution < -0.4 is 10.6 Å². The molecule has 1 rings (SSSR count). The topological polar surface area (TPSA) is 119 Å². The predicted molar refractivity (Wildman–Crippen MR) is 72.2 cm³/mol. The molecule has 5 N–H and O–H groups in total. The first-order valence-corrected chi connectivity index (χ1v) is 6.06. The van der Waals surface area contributed by atoms with Crippen LogP contribution in [0.1, 0.15) is 0 Å². The fraction of sp³-hybridized carbons (Fsp3) is 0.333. The van der Waals surface area contributed by atoms with E-state index < -0.39 is 37.2 Å². The smallest absolute Gasteiger partial charge is 0.313 e. The monoisotopic (exact) mass is 302 g/mol. The number of anilines is 1. The van der Waals surface area contributed by atoms with Crippen LogP contribution in [0.4, 0.5) is 5.69 Å². The van der Waals surface area contributed by atoms with Gasteiger partial charge in [-0.05, 0) is 18.2 Å². The summed E-state index contributed by atoms with van der Waals surface area (Å²) >= 11 is 5.73. The Morgan fingerprint density at radius 2 is 1.70 bits per heavy atom. The number of carbonyl (C=O) groups is 2. The molecule has 2 amide bonds. The summed E-state index contributed by atoms with van der Waals surface area (Å²) in [6, 6.07) is 6.18. The van der Waals surface area contributed by atoms with Gasteiger partial charge in [0.25, 0.3) is 0 Å². The van der Waals surface area contributed by atoms with Crippen LogP contribution in [0, 0.1) is 0 Å². The van der Waals surface area contributed by atoms with Gasteiger partial charge in [0.2, 0.25) is 0 Å². The van der Waals surface area contributed by atoms with Gasteiger partial charge in [-0.15, -0.1) is 0 Å². The third kappa shape index (κ3) is 4.17. The molecule has 1 aromatic rings. The Labute approximate surface area is 120 Å². The third-order valence-electron chi connectivity index (χ3n) is 2.58. The van der Waals surface area contributed by atoms with Crippen molar-refractivity contribution in [3.8, 4) is 0 Å². The second-order valence-electron chi connectivity index (χ2n) is 4.17. The van der Waals surface area contributed by atoms with Crippen LogP contribution in [0.15, 0.2) is 24.3 Å². The first kappa shape index (κ1) is 16.4. The van der Waals surface area contributed by atoms with E-state index in [4.69, 9.17) is 26.9 Å². The highest BCUT2D eigenvalue weighted by molar-refractivity contribution is 6.40. The molecule has 0 fully saturated rings. The average Bonchev–Trinajstić information content (AvgIpc) is 2.44. The van der Waals surface area contributed by atoms with Crippen molar-refractivity contribution in [1.29, 1.82) is 0 Å². The maximum Gasteiger partial charge on any atom is 0.313 e. The number of rotatable bonds is 5. The minimum atomic E-state index is -1.65. The zero-order valence-corrected chi connectivity index (χ0v) is 11.2. The van der Waals surface area contributed by atoms with Gasteiger partial charge in [-0.3, -0.25) is 9.59 Å². The number of hydrogen-bond acceptors (Lipinski definition) is 5. The quantitative estimate of drug-likeness (QED) is 0.452. The lowest BCUT2D eigenvalue weighted by Crippen LogP contribution is -2.59. The molecule has 0 aliphatic heterocycles. The molecule has 0 aliphatic carbocycles. The van der Waals surface area contributed by atoms with Gasteiger partial charge >= 0.3 is 11.8 Å². The lowest BCUT2D eigenvalue weighted by atomic mass is 10.0. The molecule has 0 heterocycles. The van der Waals surface area contributed by atoms with Gasteiger partial charge in [0.1, 0.15) is 5.54 Å². The highest BCUT2D eigenvalue weighted by atomic mass is 35.5. The molecule has 110 valence electrons. The molecule has 8 heteroatoms. The SMILES string of the molecule is O=C(Nc1cccc(Cl)c1)C(=O)NC(CO)(CO)CO. The number of amides is 2. The van der Waals surface area contributed by atoms with E-state index in [0.29, 0.717) is 10.7 Å². The van der Waals surface area contributed by atoms with Crippen LogP contribution in [0.25, 0.3) is 0 Å². The van der Waals surface area contributed by atoms with Crippen molar-refractivity contribution in [1.82, 2.24) is 5.32 Å². The first-order chi connectivity index (χ1) is 9.46. The summed E-state index contributed by atoms with van der Waals surface area (Å²) in [5, 5.41) is 31.9. The Kier molecular flexibility index (Phi) is 5.90. The average molecular weight is 303 g/mol. The Hall–Kier alpha value is -1.67. The van der Waals surface area contributed by atoms with Crippen molar-refractivity contribution in [3.05, 3.63) is 29.3 Å². The second kappa shape index (κ2) is 7.20. The van der Waals surface area contributed by atoms with Crippen molar-refractivity contribution in [2.75, 3.05) is 25.1 Å². The Balaban J connectivity index is 2.70. The van der Waals surface area contributed by atoms with Crippen molar-refractivity contribution >= 4 is 29.1 Å². The lowest BCUT2D eigenvalue weighted by Gasteiger charge is -2.28. The molecular formula is C12H15ClN2O5. The third-order valence-corrected chi connectivity index (χ3v) is 2.81. The van der Waals surface area contributed by atoms with E-state index in [1.807, 2.05) is 0 Å². The minimum Gasteiger partial charge on any atom is -0.394 e. The summed E-state index contributed by atoms with van der Waals surface area (Å²) in [5.74, 6) is -2.10. The fourth-order valence-electron chi connectivity index (χ4n) is 1.32. The summed E-state index contributed by atoms with van der Waals surface area (Å²) in [6.07, 6.45) is 0. The lowest BCUT2D eigenvalue weighted by molar-refractivity contribution is -0.138. The molecule has 0 unspecified atom stereocenters. The number of aliphatic hydroxyl groups excluding tert-OH is 3. The number of halogens is 1. The summed E-state index contributed by atoms with van der Waals surface area (Å²) < 4.78 is 0. The van der Waals surface area contributed by atoms with E-state index in [2.05, 4.69) is 10.6 Å². The molecule has 0 aliphatic rings. The van der Waals surface area contributed by atoms with Crippen LogP contribution >= 0.6 is 11.6 Å². The highest BCUT2D eigenvalue weighted by Crippen LogP contribution is 2.14. The minimum absolute atomic E-state index is 0.320. The van der Waals surface area contributed by atoms with Crippen LogP contribution in [0.3, 0.4) is 0 Å². The molecule has 0 saturated heterocycles. The van der Waals surface area contributed by atoms with Crippen LogP contribution in [0.2, 0.25) is 5.02 Å². The van der Waals surface area contributed by atoms with Gasteiger partial charge in [0.15, 0.2) is 0 Å². The molecule has 0 saturated carbocycles. The van der Waals surface area contributed by atoms with Crippen LogP contribution in [-0.2, 0) is 9.59 Å². The van der Waals surface area contributed by atoms with Crippen LogP contribution in [-0.4, -0.2) is 52.5 Å². The molecular weight excluding hydrogens is 288 g/mol. The standard InChI is InChI=1S/C12H15ClN2O5/c13-8-2-1-3-9(4-8)14-10(19)11(20)15-12(5-16,6-17)7-18/h1-4,16-18H,5-7H2,(H,14,19)(H,15,20). The Bertz CT molecular complexity index is 482. The summed E-state index contributed by atoms with van der Waals surface area (Å²) in [4.78, 5) is 23.3. The normalized spacial score (nSPS) is 11.0. The van der Waals surface area contributed by atoms with E-state index in [-0.39, 0.29) is 0 Å². The van der Waals surface area contributed by atoms with Gasteiger partial charge in [0.05, 0.1) is 19.8 Å². The number of aliphatic hydroxyl groups is 3. The molecule has 7 nitrogen and oxygen atoms in total. The number of hydrogen-bond donors (Lipinski definition) is 5. The number of carbonyl (C=O) groups excluding carboxylic acids is 2. The van der Waals surface area contributed by atoms with E-state index in [1.54, 1.807) is 12.1 Å². The molecule has 0 aromatic heterocycles. The predicted octanol–water partition coefficient (Wildman–Crippen LogP) is -0.890. The number of nitrogens with one attached hydrogen (secondary N) is 2. The van der Waals surface area contributed by atoms with Crippen molar-refractivity contribution in [3.63, 3.8) is 0 Å². The molecule has 0 bridgehead atoms. The molecule has 0 radical (unpaired) electrons. The van der Waals surface area contributed by atoms with Crippen molar-refractivity contribution in [2.45, 2.75) is 5.54 Å². The first-order valence-electron chi connectivity index (χ1n) is 5.68. The fourth-order valence-corrected chi connectivity index (χ4v) is 1.51. The summed E-state index contributed by atoms with van der Waals surface area (Å²) in [6.45, 7) is -2.14. The Morgan fingerprint density at radius 1 is 1.10 bits per heavy atom. The van der Waals surface area contributed by atoms with Gasteiger partial charge in [0, 0.05) is 10.7 Å². The molecule has 0 spiro atoms. The highest BCUT2D eigenvalue weighted by Gasteiger charge is 2.32. The molecule has 1 aromatic carbocycles. The number of benzene rings is 1. The zero-order valence-electron chi connectivity index (χ0n) is 10.5. The zero-order chi connectivity index (χ0) is 15.2. The van der Waals surface area contributed by atoms with Gasteiger partial charge in [-0.1, -0.05) is 17.7 Å². The molecule has 20 heavy (non-hydrogen) atoms. The Morgan fingerprint density at radius 3 is 2.20 bits per heavy atom. The summed E-state index contributed by atoms with van der Waals surface area (Å²) in [5.41, 5.74) is -1.33. The maximum atomic E-state index is 11.6. The van der Waals surface area contributed by atoms with E-state index in [1.165, 1.54) is 12.1 Å². The van der Waals surface area contributed by atoms with Gasteiger partial charge in [-0.2, -0.15) is 0 Å². The van der Waals surface area contributed by atoms with E-state index in [0.717, 1.165) is 0 Å². The van der Waals surface area contributed by atoms with Gasteiger partial charge < -0.3 is 26.0 Å². The van der Waals surface area contributed by atoms with E-state index in [9.17, 15) is 9.59 Å². The second-order valence-corrected chi connectivity index (χ2v) is 4.61. The van der Waals surface area contributed by atoms with Crippen molar-refractivity contribution in [2.24, 2.45) is 0 Å². The summed E-state index contributed by atoms with van der Waals surface area (Å²) in [7, 11) is 0.